The molecule has 3 heteroatoms. The van der Waals surface area contributed by atoms with E-state index in [-0.39, 0.29) is 0 Å². The van der Waals surface area contributed by atoms with Gasteiger partial charge in [-0.1, -0.05) is 12.0 Å². The Kier molecular flexibility index (Phi) is 1.06. The van der Waals surface area contributed by atoms with Gasteiger partial charge in [-0.05, 0) is 0 Å². The van der Waals surface area contributed by atoms with Crippen molar-refractivity contribution >= 4 is 0 Å². The van der Waals surface area contributed by atoms with E-state index in [0.29, 0.717) is 0 Å². The van der Waals surface area contributed by atoms with Crippen LogP contribution in [0.15, 0.2) is 10.7 Å². The fourth-order valence-corrected chi connectivity index (χ4v) is 0.376. The second-order valence-electron chi connectivity index (χ2n) is 1.28. The minimum Gasteiger partial charge on any atom is -0.306 e. The Morgan fingerprint density at radius 3 is 3.14 bits per heavy atom. The summed E-state index contributed by atoms with van der Waals surface area (Å²) in [4.78, 5) is 0. The molecule has 0 atom stereocenters. The molecule has 0 amide bonds. The maximum atomic E-state index is 4.68. The lowest BCUT2D eigenvalue weighted by Crippen LogP contribution is -1.96. The Morgan fingerprint density at radius 1 is 2.00 bits per heavy atom. The Balaban J connectivity index is 2.76. The lowest BCUT2D eigenvalue weighted by molar-refractivity contribution is -0.471. The first-order valence-corrected chi connectivity index (χ1v) is 2.25. The second-order valence-corrected chi connectivity index (χ2v) is 1.28. The zero-order valence-electron chi connectivity index (χ0n) is 4.14. The van der Waals surface area contributed by atoms with Crippen LogP contribution in [0.5, 0.6) is 0 Å². The van der Waals surface area contributed by atoms with Crippen LogP contribution in [0.1, 0.15) is 12.7 Å². The second kappa shape index (κ2) is 1.73. The van der Waals surface area contributed by atoms with Crippen LogP contribution in [0, 0.1) is 0 Å². The van der Waals surface area contributed by atoms with Gasteiger partial charge in [-0.2, -0.15) is 0 Å². The summed E-state index contributed by atoms with van der Waals surface area (Å²) < 4.78 is 4.68. The normalized spacial score (nSPS) is 9.29. The minimum absolute atomic E-state index is 0.889. The van der Waals surface area contributed by atoms with Crippen LogP contribution >= 0.6 is 0 Å². The van der Waals surface area contributed by atoms with Crippen LogP contribution in [-0.4, -0.2) is 5.27 Å². The molecule has 0 saturated carbocycles. The number of nitrogens with zero attached hydrogens (tertiary/aromatic N) is 1. The molecule has 0 radical (unpaired) electrons. The molecule has 38 valence electrons. The van der Waals surface area contributed by atoms with Gasteiger partial charge < -0.3 is 4.52 Å². The molecule has 1 rings (SSSR count). The average Bonchev–Trinajstić information content (AvgIpc) is 2.14. The van der Waals surface area contributed by atoms with E-state index < -0.39 is 0 Å². The van der Waals surface area contributed by atoms with E-state index in [9.17, 15) is 0 Å². The van der Waals surface area contributed by atoms with Gasteiger partial charge in [0.1, 0.15) is 0 Å². The monoisotopic (exact) mass is 99.1 g/mol. The molecule has 0 spiro atoms. The predicted molar refractivity (Wildman–Crippen MR) is 22.4 cm³/mol. The van der Waals surface area contributed by atoms with E-state index in [0.717, 1.165) is 12.2 Å². The van der Waals surface area contributed by atoms with Gasteiger partial charge in [-0.15, -0.1) is 0 Å². The summed E-state index contributed by atoms with van der Waals surface area (Å²) in [5.74, 6) is 0.889. The van der Waals surface area contributed by atoms with Gasteiger partial charge in [0, 0.05) is 6.42 Å². The van der Waals surface area contributed by atoms with Crippen LogP contribution in [0.4, 0.5) is 0 Å². The van der Waals surface area contributed by atoms with Gasteiger partial charge >= 0.3 is 0 Å². The standard InChI is InChI=1S/C4H6N2O/c1-2-4-3-5-6-7-4/h3H,2H2,1H3/p+1. The summed E-state index contributed by atoms with van der Waals surface area (Å²) in [7, 11) is 0. The number of hydrogen-bond donors (Lipinski definition) is 0. The van der Waals surface area contributed by atoms with Crippen molar-refractivity contribution in [2.75, 3.05) is 0 Å². The highest BCUT2D eigenvalue weighted by atomic mass is 16.5. The highest BCUT2D eigenvalue weighted by Crippen LogP contribution is 1.88. The first kappa shape index (κ1) is 4.30. The third-order valence-electron chi connectivity index (χ3n) is 0.790. The lowest BCUT2D eigenvalue weighted by Gasteiger charge is -1.70. The van der Waals surface area contributed by atoms with Gasteiger partial charge in [0.25, 0.3) is 0 Å². The molecule has 7 heavy (non-hydrogen) atoms. The zero-order chi connectivity index (χ0) is 5.11. The molecule has 0 aliphatic rings. The smallest absolute Gasteiger partial charge is 0.237 e. The molecule has 1 aromatic rings. The predicted octanol–water partition coefficient (Wildman–Crippen LogP) is 0.0511. The number of hydrogen-bond acceptors (Lipinski definition) is 2. The molecule has 1 aromatic heterocycles. The van der Waals surface area contributed by atoms with Crippen LogP contribution in [0.25, 0.3) is 0 Å². The van der Waals surface area contributed by atoms with Crippen molar-refractivity contribution < 1.29 is 9.62 Å². The Labute approximate surface area is 41.3 Å². The fraction of sp³-hybridized carbons (Fsp3) is 0.500. The van der Waals surface area contributed by atoms with Crippen molar-refractivity contribution in [1.29, 1.82) is 0 Å². The van der Waals surface area contributed by atoms with Crippen LogP contribution in [0.2, 0.25) is 0 Å². The molecule has 1 heterocycles. The molecule has 0 bridgehead atoms. The van der Waals surface area contributed by atoms with Crippen molar-refractivity contribution in [2.24, 2.45) is 0 Å². The Bertz CT molecular complexity index is 124. The van der Waals surface area contributed by atoms with Crippen molar-refractivity contribution in [3.05, 3.63) is 12.0 Å². The van der Waals surface area contributed by atoms with Crippen molar-refractivity contribution in [1.82, 2.24) is 5.27 Å². The third kappa shape index (κ3) is 0.765. The quantitative estimate of drug-likeness (QED) is 0.499. The van der Waals surface area contributed by atoms with E-state index >= 15 is 0 Å². The largest absolute Gasteiger partial charge is 0.306 e. The average molecular weight is 99.1 g/mol. The minimum atomic E-state index is 0.889. The molecule has 1 N–H and O–H groups in total. The molecule has 0 fully saturated rings. The Morgan fingerprint density at radius 2 is 2.86 bits per heavy atom. The van der Waals surface area contributed by atoms with Gasteiger partial charge in [0.05, 0.1) is 0 Å². The van der Waals surface area contributed by atoms with Gasteiger partial charge in [-0.25, -0.2) is 0 Å². The lowest BCUT2D eigenvalue weighted by atomic mass is 10.4. The van der Waals surface area contributed by atoms with Crippen LogP contribution < -0.4 is 5.10 Å². The topological polar surface area (TPSA) is 40.2 Å². The molecule has 0 saturated heterocycles. The van der Waals surface area contributed by atoms with Crippen LogP contribution in [-0.2, 0) is 6.42 Å². The van der Waals surface area contributed by atoms with E-state index in [1.54, 1.807) is 6.20 Å². The number of aromatic nitrogens is 2. The summed E-state index contributed by atoms with van der Waals surface area (Å²) in [5.41, 5.74) is 0. The van der Waals surface area contributed by atoms with Gasteiger partial charge in [-0.3, -0.25) is 0 Å². The highest BCUT2D eigenvalue weighted by Gasteiger charge is 1.94. The Hall–Kier alpha value is -0.860. The molecular formula is C4H7N2O+. The fourth-order valence-electron chi connectivity index (χ4n) is 0.376. The van der Waals surface area contributed by atoms with E-state index in [1.165, 1.54) is 0 Å². The third-order valence-corrected chi connectivity index (χ3v) is 0.790. The summed E-state index contributed by atoms with van der Waals surface area (Å²) in [5, 5.41) is 5.96. The summed E-state index contributed by atoms with van der Waals surface area (Å²) in [6, 6.07) is 0. The van der Waals surface area contributed by atoms with Crippen molar-refractivity contribution in [3.63, 3.8) is 0 Å². The van der Waals surface area contributed by atoms with Crippen molar-refractivity contribution in [3.8, 4) is 0 Å². The number of nitrogens with one attached hydrogen (secondary N) is 1. The molecule has 0 aliphatic carbocycles. The van der Waals surface area contributed by atoms with Gasteiger partial charge in [0.2, 0.25) is 12.0 Å². The molecule has 0 aromatic carbocycles. The van der Waals surface area contributed by atoms with E-state index in [4.69, 9.17) is 0 Å². The number of rotatable bonds is 1. The highest BCUT2D eigenvalue weighted by molar-refractivity contribution is 4.78. The zero-order valence-corrected chi connectivity index (χ0v) is 4.14. The molecule has 0 unspecified atom stereocenters. The van der Waals surface area contributed by atoms with Crippen molar-refractivity contribution in [2.45, 2.75) is 13.3 Å². The van der Waals surface area contributed by atoms with E-state index in [1.807, 2.05) is 6.92 Å². The summed E-state index contributed by atoms with van der Waals surface area (Å²) >= 11 is 0. The maximum absolute atomic E-state index is 4.68. The summed E-state index contributed by atoms with van der Waals surface area (Å²) in [6.45, 7) is 2.01. The number of aryl methyl sites for hydroxylation is 1. The molecular weight excluding hydrogens is 92.1 g/mol. The first-order chi connectivity index (χ1) is 3.43. The van der Waals surface area contributed by atoms with Gasteiger partial charge in [0.15, 0.2) is 5.27 Å². The van der Waals surface area contributed by atoms with Crippen LogP contribution in [0.3, 0.4) is 0 Å². The molecule has 0 aliphatic heterocycles. The summed E-state index contributed by atoms with van der Waals surface area (Å²) in [6.07, 6.45) is 2.64. The first-order valence-electron chi connectivity index (χ1n) is 2.25. The van der Waals surface area contributed by atoms with E-state index in [2.05, 4.69) is 14.9 Å². The number of aromatic amines is 1. The SMILES string of the molecule is CCc1c[nH+]no1. The maximum Gasteiger partial charge on any atom is 0.237 e. The number of H-pyrrole nitrogens is 1. The molecule has 3 nitrogen and oxygen atoms in total.